The number of hydrogen-bond donors (Lipinski definition) is 1. The van der Waals surface area contributed by atoms with Gasteiger partial charge in [0, 0.05) is 21.1 Å². The molecule has 0 amide bonds. The van der Waals surface area contributed by atoms with Gasteiger partial charge in [0.2, 0.25) is 0 Å². The van der Waals surface area contributed by atoms with Crippen molar-refractivity contribution >= 4 is 29.3 Å². The molecule has 0 radical (unpaired) electrons. The van der Waals surface area contributed by atoms with E-state index in [0.29, 0.717) is 10.3 Å². The average molecular weight is 243 g/mol. The number of aliphatic carboxylic acids is 1. The molecule has 0 aromatic heterocycles. The molecular weight excluding hydrogens is 232 g/mol. The van der Waals surface area contributed by atoms with E-state index in [1.54, 1.807) is 11.8 Å². The van der Waals surface area contributed by atoms with Gasteiger partial charge in [0.05, 0.1) is 6.42 Å². The van der Waals surface area contributed by atoms with Gasteiger partial charge in [-0.2, -0.15) is 0 Å². The fraction of sp³-hybridized carbons (Fsp3) is 0.364. The first-order chi connectivity index (χ1) is 7.08. The molecule has 2 rings (SSSR count). The lowest BCUT2D eigenvalue weighted by Gasteiger charge is -2.12. The second-order valence-electron chi connectivity index (χ2n) is 3.71. The minimum Gasteiger partial charge on any atom is -0.481 e. The van der Waals surface area contributed by atoms with E-state index in [1.807, 2.05) is 18.2 Å². The second-order valence-corrected chi connectivity index (χ2v) is 5.57. The second kappa shape index (κ2) is 4.06. The van der Waals surface area contributed by atoms with Crippen LogP contribution in [0, 0.1) is 0 Å². The van der Waals surface area contributed by atoms with Crippen molar-refractivity contribution < 1.29 is 9.90 Å². The fourth-order valence-electron chi connectivity index (χ4n) is 1.92. The van der Waals surface area contributed by atoms with Crippen LogP contribution in [0.5, 0.6) is 0 Å². The predicted octanol–water partition coefficient (Wildman–Crippen LogP) is 3.39. The van der Waals surface area contributed by atoms with Gasteiger partial charge in [-0.05, 0) is 23.8 Å². The summed E-state index contributed by atoms with van der Waals surface area (Å²) in [5.74, 6) is -0.665. The van der Waals surface area contributed by atoms with E-state index in [4.69, 9.17) is 16.7 Å². The third kappa shape index (κ3) is 2.13. The standard InChI is InChI=1S/C11H11ClO2S/c1-6-8(5-11(13)14)9-4-7(12)2-3-10(9)15-6/h2-4,6,8H,5H2,1H3,(H,13,14). The van der Waals surface area contributed by atoms with Crippen molar-refractivity contribution in [3.05, 3.63) is 28.8 Å². The summed E-state index contributed by atoms with van der Waals surface area (Å²) in [5, 5.41) is 9.84. The maximum absolute atomic E-state index is 10.8. The van der Waals surface area contributed by atoms with Crippen LogP contribution in [0.25, 0.3) is 0 Å². The van der Waals surface area contributed by atoms with Crippen molar-refractivity contribution in [1.82, 2.24) is 0 Å². The lowest BCUT2D eigenvalue weighted by atomic mass is 9.93. The van der Waals surface area contributed by atoms with Crippen molar-refractivity contribution in [2.24, 2.45) is 0 Å². The average Bonchev–Trinajstić information content (AvgIpc) is 2.43. The van der Waals surface area contributed by atoms with E-state index in [2.05, 4.69) is 6.92 Å². The van der Waals surface area contributed by atoms with Gasteiger partial charge in [0.15, 0.2) is 0 Å². The van der Waals surface area contributed by atoms with Crippen LogP contribution in [-0.4, -0.2) is 16.3 Å². The summed E-state index contributed by atoms with van der Waals surface area (Å²) in [6, 6.07) is 5.71. The van der Waals surface area contributed by atoms with E-state index in [0.717, 1.165) is 10.5 Å². The van der Waals surface area contributed by atoms with Crippen molar-refractivity contribution in [2.45, 2.75) is 29.4 Å². The molecule has 2 nitrogen and oxygen atoms in total. The number of carbonyl (C=O) groups is 1. The molecule has 1 aromatic rings. The molecule has 80 valence electrons. The Morgan fingerprint density at radius 2 is 2.33 bits per heavy atom. The Kier molecular flexibility index (Phi) is 2.94. The topological polar surface area (TPSA) is 37.3 Å². The maximum atomic E-state index is 10.8. The maximum Gasteiger partial charge on any atom is 0.304 e. The van der Waals surface area contributed by atoms with Gasteiger partial charge in [-0.1, -0.05) is 18.5 Å². The summed E-state index contributed by atoms with van der Waals surface area (Å²) in [6.07, 6.45) is 0.182. The van der Waals surface area contributed by atoms with Crippen LogP contribution >= 0.6 is 23.4 Å². The first-order valence-corrected chi connectivity index (χ1v) is 6.01. The van der Waals surface area contributed by atoms with Crippen molar-refractivity contribution in [3.8, 4) is 0 Å². The molecule has 0 aliphatic carbocycles. The molecule has 15 heavy (non-hydrogen) atoms. The van der Waals surface area contributed by atoms with E-state index >= 15 is 0 Å². The molecule has 4 heteroatoms. The van der Waals surface area contributed by atoms with Crippen molar-refractivity contribution in [2.75, 3.05) is 0 Å². The number of thioether (sulfide) groups is 1. The highest BCUT2D eigenvalue weighted by atomic mass is 35.5. The van der Waals surface area contributed by atoms with Gasteiger partial charge in [-0.15, -0.1) is 11.8 Å². The summed E-state index contributed by atoms with van der Waals surface area (Å²) in [5.41, 5.74) is 1.09. The normalized spacial score (nSPS) is 23.9. The summed E-state index contributed by atoms with van der Waals surface area (Å²) >= 11 is 7.64. The number of halogens is 1. The van der Waals surface area contributed by atoms with Crippen LogP contribution in [0.1, 0.15) is 24.8 Å². The Balaban J connectivity index is 2.35. The van der Waals surface area contributed by atoms with Crippen molar-refractivity contribution in [1.29, 1.82) is 0 Å². The molecule has 2 atom stereocenters. The summed E-state index contributed by atoms with van der Waals surface area (Å²) in [4.78, 5) is 11.9. The third-order valence-electron chi connectivity index (χ3n) is 2.65. The van der Waals surface area contributed by atoms with Crippen LogP contribution < -0.4 is 0 Å². The van der Waals surface area contributed by atoms with Crippen LogP contribution in [0.2, 0.25) is 5.02 Å². The highest BCUT2D eigenvalue weighted by molar-refractivity contribution is 8.00. The van der Waals surface area contributed by atoms with Gasteiger partial charge < -0.3 is 5.11 Å². The number of hydrogen-bond acceptors (Lipinski definition) is 2. The Morgan fingerprint density at radius 1 is 1.60 bits per heavy atom. The SMILES string of the molecule is CC1Sc2ccc(Cl)cc2C1CC(=O)O. The van der Waals surface area contributed by atoms with Crippen LogP contribution in [0.4, 0.5) is 0 Å². The highest BCUT2D eigenvalue weighted by Gasteiger charge is 2.31. The molecular formula is C11H11ClO2S. The number of benzene rings is 1. The first-order valence-electron chi connectivity index (χ1n) is 4.76. The van der Waals surface area contributed by atoms with E-state index in [1.165, 1.54) is 0 Å². The Labute approximate surface area is 97.6 Å². The number of carboxylic acid groups (broad SMARTS) is 1. The summed E-state index contributed by atoms with van der Waals surface area (Å²) < 4.78 is 0. The molecule has 2 unspecified atom stereocenters. The monoisotopic (exact) mass is 242 g/mol. The summed E-state index contributed by atoms with van der Waals surface area (Å²) in [6.45, 7) is 2.06. The Morgan fingerprint density at radius 3 is 3.00 bits per heavy atom. The van der Waals surface area contributed by atoms with Gasteiger partial charge in [0.1, 0.15) is 0 Å². The number of fused-ring (bicyclic) bond motifs is 1. The highest BCUT2D eigenvalue weighted by Crippen LogP contribution is 2.47. The van der Waals surface area contributed by atoms with Crippen molar-refractivity contribution in [3.63, 3.8) is 0 Å². The zero-order chi connectivity index (χ0) is 11.0. The Bertz CT molecular complexity index is 406. The van der Waals surface area contributed by atoms with Gasteiger partial charge >= 0.3 is 5.97 Å². The molecule has 0 bridgehead atoms. The molecule has 1 aliphatic rings. The zero-order valence-electron chi connectivity index (χ0n) is 8.24. The molecule has 1 aromatic carbocycles. The molecule has 0 saturated carbocycles. The molecule has 1 heterocycles. The van der Waals surface area contributed by atoms with Crippen LogP contribution in [0.15, 0.2) is 23.1 Å². The van der Waals surface area contributed by atoms with E-state index < -0.39 is 5.97 Å². The van der Waals surface area contributed by atoms with Crippen LogP contribution in [-0.2, 0) is 4.79 Å². The van der Waals surface area contributed by atoms with E-state index in [-0.39, 0.29) is 12.3 Å². The molecule has 1 N–H and O–H groups in total. The minimum atomic E-state index is -0.750. The molecule has 0 fully saturated rings. The zero-order valence-corrected chi connectivity index (χ0v) is 9.81. The summed E-state index contributed by atoms with van der Waals surface area (Å²) in [7, 11) is 0. The minimum absolute atomic E-state index is 0.0844. The number of rotatable bonds is 2. The van der Waals surface area contributed by atoms with Gasteiger partial charge in [-0.3, -0.25) is 4.79 Å². The molecule has 0 saturated heterocycles. The fourth-order valence-corrected chi connectivity index (χ4v) is 3.40. The number of carboxylic acids is 1. The lowest BCUT2D eigenvalue weighted by Crippen LogP contribution is -2.11. The quantitative estimate of drug-likeness (QED) is 0.864. The largest absolute Gasteiger partial charge is 0.481 e. The Hall–Kier alpha value is -0.670. The lowest BCUT2D eigenvalue weighted by molar-refractivity contribution is -0.137. The molecule has 1 aliphatic heterocycles. The van der Waals surface area contributed by atoms with Gasteiger partial charge in [-0.25, -0.2) is 0 Å². The third-order valence-corrected chi connectivity index (χ3v) is 4.21. The first kappa shape index (κ1) is 10.8. The molecule has 0 spiro atoms. The van der Waals surface area contributed by atoms with Crippen LogP contribution in [0.3, 0.4) is 0 Å². The van der Waals surface area contributed by atoms with Gasteiger partial charge in [0.25, 0.3) is 0 Å². The smallest absolute Gasteiger partial charge is 0.304 e. The predicted molar refractivity (Wildman–Crippen MR) is 61.8 cm³/mol. The van der Waals surface area contributed by atoms with E-state index in [9.17, 15) is 4.79 Å².